The molecule has 0 aromatic heterocycles. The number of guanidine groups is 1. The normalized spacial score (nSPS) is 34.3. The molecule has 23 heavy (non-hydrogen) atoms. The Morgan fingerprint density at radius 2 is 2.04 bits per heavy atom. The van der Waals surface area contributed by atoms with Crippen LogP contribution in [0.4, 0.5) is 8.78 Å². The molecule has 1 aliphatic heterocycles. The van der Waals surface area contributed by atoms with Crippen LogP contribution in [0.25, 0.3) is 0 Å². The van der Waals surface area contributed by atoms with Crippen LogP contribution in [-0.2, 0) is 10.0 Å². The van der Waals surface area contributed by atoms with Crippen LogP contribution in [0.1, 0.15) is 39.0 Å². The third-order valence-corrected chi connectivity index (χ3v) is 7.32. The lowest BCUT2D eigenvalue weighted by molar-refractivity contribution is 0.400. The molecule has 2 aliphatic carbocycles. The Morgan fingerprint density at radius 3 is 2.65 bits per heavy atom. The number of nitrogens with zero attached hydrogens (tertiary/aromatic N) is 2. The smallest absolute Gasteiger partial charge is 0.242 e. The minimum Gasteiger partial charge on any atom is -0.369 e. The van der Waals surface area contributed by atoms with Crippen molar-refractivity contribution in [3.63, 3.8) is 0 Å². The molecule has 2 unspecified atom stereocenters. The van der Waals surface area contributed by atoms with Crippen molar-refractivity contribution in [3.8, 4) is 0 Å². The Morgan fingerprint density at radius 1 is 1.39 bits per heavy atom. The second kappa shape index (κ2) is 5.29. The molecule has 128 valence electrons. The SMILES string of the molecule is CN1C(N)=NC(C)(C2=C(F)CCC(F)=C2)C(CC2CC2)S1(=O)=O. The van der Waals surface area contributed by atoms with Crippen LogP contribution < -0.4 is 5.73 Å². The van der Waals surface area contributed by atoms with E-state index in [1.54, 1.807) is 6.92 Å². The van der Waals surface area contributed by atoms with Crippen molar-refractivity contribution in [2.24, 2.45) is 16.6 Å². The molecule has 0 aromatic rings. The Hall–Kier alpha value is -1.44. The highest BCUT2D eigenvalue weighted by molar-refractivity contribution is 7.90. The van der Waals surface area contributed by atoms with Gasteiger partial charge in [0.15, 0.2) is 0 Å². The summed E-state index contributed by atoms with van der Waals surface area (Å²) in [5, 5.41) is -0.942. The Bertz CT molecular complexity index is 725. The maximum Gasteiger partial charge on any atom is 0.242 e. The fraction of sp³-hybridized carbons (Fsp3) is 0.667. The van der Waals surface area contributed by atoms with Gasteiger partial charge >= 0.3 is 0 Å². The molecular weight excluding hydrogens is 324 g/mol. The summed E-state index contributed by atoms with van der Waals surface area (Å²) >= 11 is 0. The zero-order chi connectivity index (χ0) is 17.0. The Balaban J connectivity index is 2.16. The molecule has 2 atom stereocenters. The van der Waals surface area contributed by atoms with E-state index >= 15 is 0 Å². The summed E-state index contributed by atoms with van der Waals surface area (Å²) in [6, 6.07) is 0. The van der Waals surface area contributed by atoms with Gasteiger partial charge in [0, 0.05) is 25.5 Å². The molecule has 0 saturated heterocycles. The molecule has 1 saturated carbocycles. The zero-order valence-electron chi connectivity index (χ0n) is 13.2. The maximum atomic E-state index is 14.4. The van der Waals surface area contributed by atoms with Gasteiger partial charge in [0.25, 0.3) is 0 Å². The standard InChI is InChI=1S/C15H21F2N3O2S/c1-15(11-8-10(16)5-6-12(11)17)13(7-9-3-4-9)23(21,22)20(2)14(18)19-15/h8-9,13H,3-7H2,1-2H3,(H2,18,19). The van der Waals surface area contributed by atoms with Crippen molar-refractivity contribution >= 4 is 16.0 Å². The quantitative estimate of drug-likeness (QED) is 0.853. The molecule has 1 heterocycles. The third kappa shape index (κ3) is 2.66. The zero-order valence-corrected chi connectivity index (χ0v) is 14.0. The van der Waals surface area contributed by atoms with Gasteiger partial charge in [-0.2, -0.15) is 0 Å². The van der Waals surface area contributed by atoms with E-state index in [0.717, 1.165) is 23.2 Å². The van der Waals surface area contributed by atoms with Gasteiger partial charge in [0.1, 0.15) is 22.4 Å². The molecule has 1 fully saturated rings. The molecule has 0 bridgehead atoms. The summed E-state index contributed by atoms with van der Waals surface area (Å²) in [5.74, 6) is -0.874. The summed E-state index contributed by atoms with van der Waals surface area (Å²) in [7, 11) is -2.44. The summed E-state index contributed by atoms with van der Waals surface area (Å²) in [5.41, 5.74) is 4.37. The van der Waals surface area contributed by atoms with E-state index in [9.17, 15) is 17.2 Å². The fourth-order valence-corrected chi connectivity index (χ4v) is 5.28. The number of rotatable bonds is 3. The average Bonchev–Trinajstić information content (AvgIpc) is 3.28. The summed E-state index contributed by atoms with van der Waals surface area (Å²) in [4.78, 5) is 4.29. The monoisotopic (exact) mass is 345 g/mol. The highest BCUT2D eigenvalue weighted by atomic mass is 32.2. The summed E-state index contributed by atoms with van der Waals surface area (Å²) in [6.45, 7) is 1.54. The minimum atomic E-state index is -3.78. The number of hydrogen-bond donors (Lipinski definition) is 1. The fourth-order valence-electron chi connectivity index (χ4n) is 3.32. The average molecular weight is 345 g/mol. The molecule has 5 nitrogen and oxygen atoms in total. The van der Waals surface area contributed by atoms with E-state index in [2.05, 4.69) is 4.99 Å². The van der Waals surface area contributed by atoms with Gasteiger partial charge in [-0.25, -0.2) is 26.5 Å². The van der Waals surface area contributed by atoms with Gasteiger partial charge in [-0.1, -0.05) is 12.8 Å². The van der Waals surface area contributed by atoms with Gasteiger partial charge < -0.3 is 5.73 Å². The van der Waals surface area contributed by atoms with Crippen molar-refractivity contribution in [2.45, 2.75) is 49.8 Å². The lowest BCUT2D eigenvalue weighted by Gasteiger charge is -2.42. The first kappa shape index (κ1) is 16.4. The first-order valence-electron chi connectivity index (χ1n) is 7.74. The maximum absolute atomic E-state index is 14.4. The largest absolute Gasteiger partial charge is 0.369 e. The number of aliphatic imine (C=N–C) groups is 1. The van der Waals surface area contributed by atoms with E-state index in [0.29, 0.717) is 6.42 Å². The van der Waals surface area contributed by atoms with Crippen LogP contribution in [-0.4, -0.2) is 36.5 Å². The number of hydrogen-bond acceptors (Lipinski definition) is 4. The molecular formula is C15H21F2N3O2S. The van der Waals surface area contributed by atoms with Crippen LogP contribution in [0, 0.1) is 5.92 Å². The minimum absolute atomic E-state index is 0.00604. The Labute approximate surface area is 135 Å². The van der Waals surface area contributed by atoms with E-state index in [1.807, 2.05) is 0 Å². The van der Waals surface area contributed by atoms with Gasteiger partial charge in [-0.3, -0.25) is 0 Å². The predicted octanol–water partition coefficient (Wildman–Crippen LogP) is 2.37. The van der Waals surface area contributed by atoms with Gasteiger partial charge in [0.05, 0.1) is 0 Å². The van der Waals surface area contributed by atoms with E-state index < -0.39 is 32.5 Å². The first-order chi connectivity index (χ1) is 10.7. The van der Waals surface area contributed by atoms with Crippen molar-refractivity contribution in [3.05, 3.63) is 23.3 Å². The van der Waals surface area contributed by atoms with Crippen LogP contribution in [0.3, 0.4) is 0 Å². The second-order valence-corrected chi connectivity index (χ2v) is 8.85. The first-order valence-corrected chi connectivity index (χ1v) is 9.25. The second-order valence-electron chi connectivity index (χ2n) is 6.71. The number of nitrogens with two attached hydrogens (primary N) is 1. The molecule has 3 rings (SSSR count). The van der Waals surface area contributed by atoms with Gasteiger partial charge in [-0.05, 0) is 25.3 Å². The number of sulfonamides is 1. The van der Waals surface area contributed by atoms with E-state index in [-0.39, 0.29) is 30.3 Å². The van der Waals surface area contributed by atoms with Crippen LogP contribution in [0.2, 0.25) is 0 Å². The Kier molecular flexibility index (Phi) is 3.78. The summed E-state index contributed by atoms with van der Waals surface area (Å²) < 4.78 is 54.7. The molecule has 3 aliphatic rings. The molecule has 2 N–H and O–H groups in total. The van der Waals surface area contributed by atoms with Crippen LogP contribution in [0.5, 0.6) is 0 Å². The molecule has 0 aromatic carbocycles. The highest BCUT2D eigenvalue weighted by Gasteiger charge is 2.53. The lowest BCUT2D eigenvalue weighted by atomic mass is 9.82. The number of allylic oxidation sites excluding steroid dienone is 2. The molecule has 0 radical (unpaired) electrons. The van der Waals surface area contributed by atoms with Gasteiger partial charge in [-0.15, -0.1) is 0 Å². The van der Waals surface area contributed by atoms with E-state index in [4.69, 9.17) is 5.73 Å². The van der Waals surface area contributed by atoms with Crippen molar-refractivity contribution in [1.29, 1.82) is 0 Å². The van der Waals surface area contributed by atoms with Crippen molar-refractivity contribution < 1.29 is 17.2 Å². The third-order valence-electron chi connectivity index (χ3n) is 5.00. The lowest BCUT2D eigenvalue weighted by Crippen LogP contribution is -2.58. The summed E-state index contributed by atoms with van der Waals surface area (Å²) in [6.07, 6.45) is 3.30. The molecule has 0 amide bonds. The molecule has 0 spiro atoms. The highest BCUT2D eigenvalue weighted by Crippen LogP contribution is 2.46. The van der Waals surface area contributed by atoms with E-state index in [1.165, 1.54) is 7.05 Å². The van der Waals surface area contributed by atoms with Crippen molar-refractivity contribution in [2.75, 3.05) is 7.05 Å². The molecule has 8 heteroatoms. The van der Waals surface area contributed by atoms with Gasteiger partial charge in [0.2, 0.25) is 16.0 Å². The van der Waals surface area contributed by atoms with Crippen LogP contribution >= 0.6 is 0 Å². The topological polar surface area (TPSA) is 75.8 Å². The predicted molar refractivity (Wildman–Crippen MR) is 84.4 cm³/mol. The van der Waals surface area contributed by atoms with Crippen molar-refractivity contribution in [1.82, 2.24) is 4.31 Å². The number of halogens is 2. The van der Waals surface area contributed by atoms with Crippen LogP contribution in [0.15, 0.2) is 28.3 Å².